The summed E-state index contributed by atoms with van der Waals surface area (Å²) in [7, 11) is 0. The molecular weight excluding hydrogens is 557 g/mol. The van der Waals surface area contributed by atoms with Gasteiger partial charge in [-0.2, -0.15) is 0 Å². The summed E-state index contributed by atoms with van der Waals surface area (Å²) in [5.74, 6) is 0.851. The van der Waals surface area contributed by atoms with Crippen molar-refractivity contribution in [3.8, 4) is 0 Å². The van der Waals surface area contributed by atoms with Gasteiger partial charge in [-0.1, -0.05) is 106 Å². The van der Waals surface area contributed by atoms with Gasteiger partial charge >= 0.3 is 0 Å². The van der Waals surface area contributed by atoms with Crippen molar-refractivity contribution in [3.05, 3.63) is 54.9 Å². The molecule has 0 saturated heterocycles. The van der Waals surface area contributed by atoms with Gasteiger partial charge in [-0.25, -0.2) is 0 Å². The van der Waals surface area contributed by atoms with Crippen LogP contribution in [0, 0.1) is 0 Å². The molecule has 2 aliphatic rings. The quantitative estimate of drug-likeness (QED) is 0.158. The molecule has 2 amide bonds. The lowest BCUT2D eigenvalue weighted by atomic mass is 10.1. The summed E-state index contributed by atoms with van der Waals surface area (Å²) in [6.45, 7) is 14.6. The average Bonchev–Trinajstić information content (AvgIpc) is 3.74. The molecule has 0 aliphatic carbocycles. The minimum absolute atomic E-state index is 0.0151. The molecule has 4 rings (SSSR count). The average molecular weight is 609 g/mol. The Kier molecular flexibility index (Phi) is 12.1. The van der Waals surface area contributed by atoms with E-state index in [0.29, 0.717) is 36.1 Å². The molecule has 0 bridgehead atoms. The normalized spacial score (nSPS) is 15.5. The molecule has 0 atom stereocenters. The van der Waals surface area contributed by atoms with Crippen molar-refractivity contribution >= 4 is 45.9 Å². The zero-order chi connectivity index (χ0) is 30.2. The molecule has 6 heteroatoms. The molecule has 230 valence electrons. The maximum Gasteiger partial charge on any atom is 0.261 e. The summed E-state index contributed by atoms with van der Waals surface area (Å²) in [4.78, 5) is 37.4. The number of thiophene rings is 2. The Morgan fingerprint density at radius 3 is 1.24 bits per heavy atom. The molecule has 4 heterocycles. The Morgan fingerprint density at radius 1 is 0.548 bits per heavy atom. The number of amides is 2. The van der Waals surface area contributed by atoms with Gasteiger partial charge in [-0.3, -0.25) is 9.59 Å². The highest BCUT2D eigenvalue weighted by atomic mass is 32.1. The highest BCUT2D eigenvalue weighted by Crippen LogP contribution is 2.49. The molecule has 2 aromatic heterocycles. The van der Waals surface area contributed by atoms with Crippen LogP contribution in [-0.2, 0) is 9.59 Å². The van der Waals surface area contributed by atoms with Crippen LogP contribution in [0.5, 0.6) is 0 Å². The first-order valence-electron chi connectivity index (χ1n) is 16.6. The fraction of sp³-hybridized carbons (Fsp3) is 0.611. The van der Waals surface area contributed by atoms with Gasteiger partial charge in [0.2, 0.25) is 0 Å². The number of fused-ring (bicyclic) bond motifs is 1. The van der Waals surface area contributed by atoms with Gasteiger partial charge in [-0.05, 0) is 48.9 Å². The van der Waals surface area contributed by atoms with E-state index >= 15 is 0 Å². The van der Waals surface area contributed by atoms with Crippen molar-refractivity contribution in [3.63, 3.8) is 0 Å². The molecule has 42 heavy (non-hydrogen) atoms. The van der Waals surface area contributed by atoms with E-state index in [1.807, 2.05) is 9.80 Å². The van der Waals surface area contributed by atoms with Crippen LogP contribution in [0.15, 0.2) is 35.4 Å². The third-order valence-corrected chi connectivity index (χ3v) is 11.3. The van der Waals surface area contributed by atoms with E-state index in [9.17, 15) is 9.59 Å². The molecule has 0 radical (unpaired) electrons. The fourth-order valence-electron chi connectivity index (χ4n) is 6.02. The standard InChI is InChI=1S/C36H52N2O2S2/c1-7-9-11-13-15-17-23-37-33(29-21-19-27(41-29)25(3)4)31-32(35(37)39)34(30-22-20-28(42-30)26(5)6)38(36(31)40)24-18-16-14-12-10-8-2/h19-22,25-26H,7-18,23-24H2,1-6H3. The molecule has 0 spiro atoms. The predicted octanol–water partition coefficient (Wildman–Crippen LogP) is 10.6. The Morgan fingerprint density at radius 2 is 0.905 bits per heavy atom. The molecule has 0 N–H and O–H groups in total. The second kappa shape index (κ2) is 15.5. The van der Waals surface area contributed by atoms with Crippen LogP contribution in [0.3, 0.4) is 0 Å². The number of unbranched alkanes of at least 4 members (excludes halogenated alkanes) is 10. The van der Waals surface area contributed by atoms with E-state index < -0.39 is 0 Å². The van der Waals surface area contributed by atoms with Gasteiger partial charge in [0.25, 0.3) is 11.8 Å². The van der Waals surface area contributed by atoms with Crippen LogP contribution >= 0.6 is 22.7 Å². The maximum atomic E-state index is 14.4. The number of rotatable bonds is 18. The smallest absolute Gasteiger partial charge is 0.261 e. The van der Waals surface area contributed by atoms with Gasteiger partial charge in [0, 0.05) is 22.8 Å². The van der Waals surface area contributed by atoms with E-state index in [-0.39, 0.29) is 11.8 Å². The van der Waals surface area contributed by atoms with Gasteiger partial charge in [0.15, 0.2) is 0 Å². The van der Waals surface area contributed by atoms with E-state index in [4.69, 9.17) is 0 Å². The lowest BCUT2D eigenvalue weighted by Gasteiger charge is -2.24. The minimum Gasteiger partial charge on any atom is -0.306 e. The summed E-state index contributed by atoms with van der Waals surface area (Å²) in [6.07, 6.45) is 14.0. The predicted molar refractivity (Wildman–Crippen MR) is 181 cm³/mol. The molecule has 0 saturated carbocycles. The van der Waals surface area contributed by atoms with Gasteiger partial charge in [-0.15, -0.1) is 22.7 Å². The van der Waals surface area contributed by atoms with Crippen LogP contribution < -0.4 is 0 Å². The summed E-state index contributed by atoms with van der Waals surface area (Å²) in [5.41, 5.74) is 3.00. The number of hydrogen-bond acceptors (Lipinski definition) is 4. The van der Waals surface area contributed by atoms with Crippen LogP contribution in [0.25, 0.3) is 11.4 Å². The van der Waals surface area contributed by atoms with E-state index in [2.05, 4.69) is 65.8 Å². The van der Waals surface area contributed by atoms with Crippen LogP contribution in [0.1, 0.15) is 150 Å². The molecule has 2 aromatic rings. The van der Waals surface area contributed by atoms with Crippen LogP contribution in [-0.4, -0.2) is 34.7 Å². The summed E-state index contributed by atoms with van der Waals surface area (Å²) in [5, 5.41) is 0. The first-order chi connectivity index (χ1) is 20.3. The zero-order valence-electron chi connectivity index (χ0n) is 26.9. The lowest BCUT2D eigenvalue weighted by Crippen LogP contribution is -2.30. The SMILES string of the molecule is CCCCCCCCN1C(=O)C2=C(c3ccc(C(C)C)s3)N(CCCCCCCC)C(=O)C2=C1c1ccc(C(C)C)s1. The van der Waals surface area contributed by atoms with E-state index in [1.165, 1.54) is 61.1 Å². The van der Waals surface area contributed by atoms with Crippen molar-refractivity contribution < 1.29 is 9.59 Å². The summed E-state index contributed by atoms with van der Waals surface area (Å²) >= 11 is 3.48. The maximum absolute atomic E-state index is 14.4. The largest absolute Gasteiger partial charge is 0.306 e. The van der Waals surface area contributed by atoms with Gasteiger partial charge < -0.3 is 9.80 Å². The Labute approximate surface area is 262 Å². The Balaban J connectivity index is 1.73. The molecule has 4 nitrogen and oxygen atoms in total. The molecule has 0 aromatic carbocycles. The highest BCUT2D eigenvalue weighted by molar-refractivity contribution is 7.13. The third kappa shape index (κ3) is 7.30. The second-order valence-corrected chi connectivity index (χ2v) is 14.8. The van der Waals surface area contributed by atoms with Crippen LogP contribution in [0.2, 0.25) is 0 Å². The molecule has 0 fully saturated rings. The molecule has 0 unspecified atom stereocenters. The number of carbonyl (C=O) groups is 2. The number of hydrogen-bond donors (Lipinski definition) is 0. The topological polar surface area (TPSA) is 40.6 Å². The Hall–Kier alpha value is -2.18. The first kappa shape index (κ1) is 32.7. The van der Waals surface area contributed by atoms with Gasteiger partial charge in [0.05, 0.1) is 32.3 Å². The highest BCUT2D eigenvalue weighted by Gasteiger charge is 2.49. The fourth-order valence-corrected chi connectivity index (χ4v) is 8.16. The summed E-state index contributed by atoms with van der Waals surface area (Å²) < 4.78 is 0. The molecular formula is C36H52N2O2S2. The van der Waals surface area contributed by atoms with E-state index in [1.54, 1.807) is 22.7 Å². The van der Waals surface area contributed by atoms with Crippen molar-refractivity contribution in [1.82, 2.24) is 9.80 Å². The van der Waals surface area contributed by atoms with Crippen molar-refractivity contribution in [2.24, 2.45) is 0 Å². The van der Waals surface area contributed by atoms with Gasteiger partial charge in [0.1, 0.15) is 0 Å². The number of carbonyl (C=O) groups excluding carboxylic acids is 2. The summed E-state index contributed by atoms with van der Waals surface area (Å²) in [6, 6.07) is 8.63. The lowest BCUT2D eigenvalue weighted by molar-refractivity contribution is -0.124. The van der Waals surface area contributed by atoms with Crippen LogP contribution in [0.4, 0.5) is 0 Å². The monoisotopic (exact) mass is 608 g/mol. The first-order valence-corrected chi connectivity index (χ1v) is 18.3. The number of nitrogens with zero attached hydrogens (tertiary/aromatic N) is 2. The minimum atomic E-state index is 0.0151. The van der Waals surface area contributed by atoms with Crippen molar-refractivity contribution in [2.45, 2.75) is 130 Å². The van der Waals surface area contributed by atoms with Crippen molar-refractivity contribution in [1.29, 1.82) is 0 Å². The zero-order valence-corrected chi connectivity index (χ0v) is 28.5. The van der Waals surface area contributed by atoms with Crippen molar-refractivity contribution in [2.75, 3.05) is 13.1 Å². The van der Waals surface area contributed by atoms with E-state index in [0.717, 1.165) is 46.8 Å². The molecule has 2 aliphatic heterocycles. The third-order valence-electron chi connectivity index (χ3n) is 8.51. The second-order valence-electron chi connectivity index (χ2n) is 12.6. The Bertz CT molecular complexity index is 1180.